The maximum Gasteiger partial charge on any atom is 0.338 e. The quantitative estimate of drug-likeness (QED) is 0.393. The van der Waals surface area contributed by atoms with Crippen molar-refractivity contribution < 1.29 is 19.1 Å². The van der Waals surface area contributed by atoms with Gasteiger partial charge in [0.1, 0.15) is 0 Å². The molecular weight excluding hydrogens is 438 g/mol. The first kappa shape index (κ1) is 21.9. The number of benzene rings is 3. The molecule has 0 atom stereocenters. The van der Waals surface area contributed by atoms with Gasteiger partial charge in [0.05, 0.1) is 12.7 Å². The first-order valence-corrected chi connectivity index (χ1v) is 10.8. The number of carbonyl (C=O) groups excluding carboxylic acids is 3. The maximum atomic E-state index is 13.2. The first-order chi connectivity index (χ1) is 16.1. The van der Waals surface area contributed by atoms with Crippen LogP contribution in [0.4, 0.5) is 11.4 Å². The molecule has 0 aliphatic rings. The Kier molecular flexibility index (Phi) is 6.56. The molecule has 0 spiro atoms. The zero-order valence-electron chi connectivity index (χ0n) is 17.6. The van der Waals surface area contributed by atoms with Crippen LogP contribution in [0.2, 0.25) is 0 Å². The monoisotopic (exact) mass is 457 g/mol. The van der Waals surface area contributed by atoms with Crippen molar-refractivity contribution in [3.05, 3.63) is 101 Å². The van der Waals surface area contributed by atoms with Crippen LogP contribution in [0.15, 0.2) is 84.4 Å². The average molecular weight is 458 g/mol. The Morgan fingerprint density at radius 1 is 0.788 bits per heavy atom. The highest BCUT2D eigenvalue weighted by molar-refractivity contribution is 7.11. The summed E-state index contributed by atoms with van der Waals surface area (Å²) in [6, 6.07) is 20.8. The molecule has 7 nitrogen and oxygen atoms in total. The number of aromatic nitrogens is 1. The Morgan fingerprint density at radius 2 is 1.39 bits per heavy atom. The second kappa shape index (κ2) is 9.88. The number of anilines is 2. The van der Waals surface area contributed by atoms with Crippen LogP contribution in [0.3, 0.4) is 0 Å². The van der Waals surface area contributed by atoms with Gasteiger partial charge in [-0.05, 0) is 41.5 Å². The van der Waals surface area contributed by atoms with Gasteiger partial charge in [-0.2, -0.15) is 0 Å². The highest BCUT2D eigenvalue weighted by atomic mass is 32.1. The van der Waals surface area contributed by atoms with E-state index in [1.165, 1.54) is 18.4 Å². The minimum Gasteiger partial charge on any atom is -0.465 e. The lowest BCUT2D eigenvalue weighted by Gasteiger charge is -2.13. The lowest BCUT2D eigenvalue weighted by atomic mass is 9.95. The van der Waals surface area contributed by atoms with Gasteiger partial charge in [0.25, 0.3) is 11.8 Å². The van der Waals surface area contributed by atoms with Crippen molar-refractivity contribution in [1.82, 2.24) is 4.98 Å². The van der Waals surface area contributed by atoms with Gasteiger partial charge in [0.15, 0.2) is 5.01 Å². The molecule has 164 valence electrons. The smallest absolute Gasteiger partial charge is 0.338 e. The van der Waals surface area contributed by atoms with Crippen LogP contribution in [0, 0.1) is 0 Å². The zero-order valence-corrected chi connectivity index (χ0v) is 18.4. The molecule has 1 aromatic heterocycles. The molecule has 0 saturated carbocycles. The van der Waals surface area contributed by atoms with Crippen molar-refractivity contribution >= 4 is 40.5 Å². The van der Waals surface area contributed by atoms with Crippen molar-refractivity contribution in [2.24, 2.45) is 0 Å². The summed E-state index contributed by atoms with van der Waals surface area (Å²) < 4.78 is 4.89. The van der Waals surface area contributed by atoms with E-state index in [4.69, 9.17) is 4.74 Å². The molecule has 4 rings (SSSR count). The SMILES string of the molecule is COC(=O)c1ccccc1-c1ccccc1C(=O)Nc1cccc(NC(=O)c2nccs2)c1. The van der Waals surface area contributed by atoms with E-state index in [-0.39, 0.29) is 11.8 Å². The average Bonchev–Trinajstić information content (AvgIpc) is 3.39. The molecule has 0 radical (unpaired) electrons. The summed E-state index contributed by atoms with van der Waals surface area (Å²) in [4.78, 5) is 41.6. The molecular formula is C25H19N3O4S. The van der Waals surface area contributed by atoms with E-state index in [1.807, 2.05) is 0 Å². The fraction of sp³-hybridized carbons (Fsp3) is 0.0400. The number of rotatable bonds is 6. The number of amides is 2. The molecule has 0 fully saturated rings. The third kappa shape index (κ3) is 4.97. The fourth-order valence-corrected chi connectivity index (χ4v) is 3.85. The van der Waals surface area contributed by atoms with Gasteiger partial charge in [-0.3, -0.25) is 9.59 Å². The van der Waals surface area contributed by atoms with Gasteiger partial charge < -0.3 is 15.4 Å². The van der Waals surface area contributed by atoms with E-state index in [0.717, 1.165) is 0 Å². The molecule has 0 saturated heterocycles. The summed E-state index contributed by atoms with van der Waals surface area (Å²) in [6.45, 7) is 0. The summed E-state index contributed by atoms with van der Waals surface area (Å²) >= 11 is 1.24. The molecule has 0 aliphatic heterocycles. The standard InChI is InChI=1S/C25H19N3O4S/c1-32-25(31)21-12-5-3-10-19(21)18-9-2-4-11-20(18)22(29)27-16-7-6-8-17(15-16)28-23(30)24-26-13-14-33-24/h2-15H,1H3,(H,27,29)(H,28,30). The minimum atomic E-state index is -0.482. The summed E-state index contributed by atoms with van der Waals surface area (Å²) in [5.74, 6) is -1.16. The van der Waals surface area contributed by atoms with E-state index < -0.39 is 5.97 Å². The van der Waals surface area contributed by atoms with Gasteiger partial charge in [0, 0.05) is 28.5 Å². The van der Waals surface area contributed by atoms with Crippen LogP contribution in [-0.2, 0) is 4.74 Å². The zero-order chi connectivity index (χ0) is 23.2. The predicted octanol–water partition coefficient (Wildman–Crippen LogP) is 5.10. The Labute approximate surface area is 194 Å². The van der Waals surface area contributed by atoms with Gasteiger partial charge in [-0.25, -0.2) is 9.78 Å². The molecule has 2 amide bonds. The highest BCUT2D eigenvalue weighted by Gasteiger charge is 2.18. The van der Waals surface area contributed by atoms with Gasteiger partial charge in [0.2, 0.25) is 0 Å². The Bertz CT molecular complexity index is 1320. The number of methoxy groups -OCH3 is 1. The van der Waals surface area contributed by atoms with Gasteiger partial charge in [-0.1, -0.05) is 42.5 Å². The van der Waals surface area contributed by atoms with E-state index in [9.17, 15) is 14.4 Å². The normalized spacial score (nSPS) is 10.3. The van der Waals surface area contributed by atoms with Crippen LogP contribution >= 0.6 is 11.3 Å². The highest BCUT2D eigenvalue weighted by Crippen LogP contribution is 2.28. The predicted molar refractivity (Wildman–Crippen MR) is 128 cm³/mol. The molecule has 8 heteroatoms. The van der Waals surface area contributed by atoms with Crippen LogP contribution in [0.25, 0.3) is 11.1 Å². The molecule has 3 aromatic carbocycles. The molecule has 4 aromatic rings. The van der Waals surface area contributed by atoms with Crippen LogP contribution in [-0.4, -0.2) is 29.9 Å². The van der Waals surface area contributed by atoms with E-state index >= 15 is 0 Å². The first-order valence-electron chi connectivity index (χ1n) is 9.96. The number of esters is 1. The Morgan fingerprint density at radius 3 is 2.03 bits per heavy atom. The second-order valence-corrected chi connectivity index (χ2v) is 7.80. The number of carbonyl (C=O) groups is 3. The van der Waals surface area contributed by atoms with Gasteiger partial charge >= 0.3 is 5.97 Å². The number of nitrogens with zero attached hydrogens (tertiary/aromatic N) is 1. The molecule has 33 heavy (non-hydrogen) atoms. The maximum absolute atomic E-state index is 13.2. The Hall–Kier alpha value is -4.30. The number of nitrogens with one attached hydrogen (secondary N) is 2. The molecule has 2 N–H and O–H groups in total. The summed E-state index contributed by atoms with van der Waals surface area (Å²) in [5, 5.41) is 7.70. The molecule has 0 bridgehead atoms. The van der Waals surface area contributed by atoms with Crippen LogP contribution in [0.1, 0.15) is 30.5 Å². The molecule has 0 aliphatic carbocycles. The number of hydrogen-bond acceptors (Lipinski definition) is 6. The lowest BCUT2D eigenvalue weighted by molar-refractivity contribution is 0.0601. The third-order valence-electron chi connectivity index (χ3n) is 4.80. The van der Waals surface area contributed by atoms with Crippen LogP contribution in [0.5, 0.6) is 0 Å². The summed E-state index contributed by atoms with van der Waals surface area (Å²) in [6.07, 6.45) is 1.56. The second-order valence-electron chi connectivity index (χ2n) is 6.91. The van der Waals surface area contributed by atoms with Crippen molar-refractivity contribution in [2.75, 3.05) is 17.7 Å². The topological polar surface area (TPSA) is 97.4 Å². The fourth-order valence-electron chi connectivity index (χ4n) is 3.32. The summed E-state index contributed by atoms with van der Waals surface area (Å²) in [7, 11) is 1.32. The number of ether oxygens (including phenoxy) is 1. The van der Waals surface area contributed by atoms with Gasteiger partial charge in [-0.15, -0.1) is 11.3 Å². The van der Waals surface area contributed by atoms with E-state index in [0.29, 0.717) is 38.6 Å². The van der Waals surface area contributed by atoms with Crippen LogP contribution < -0.4 is 10.6 Å². The largest absolute Gasteiger partial charge is 0.465 e. The third-order valence-corrected chi connectivity index (χ3v) is 5.57. The number of hydrogen-bond donors (Lipinski definition) is 2. The lowest BCUT2D eigenvalue weighted by Crippen LogP contribution is -2.15. The van der Waals surface area contributed by atoms with E-state index in [2.05, 4.69) is 15.6 Å². The summed E-state index contributed by atoms with van der Waals surface area (Å²) in [5.41, 5.74) is 2.99. The molecule has 0 unspecified atom stereocenters. The minimum absolute atomic E-state index is 0.321. The van der Waals surface area contributed by atoms with Crippen molar-refractivity contribution in [3.8, 4) is 11.1 Å². The van der Waals surface area contributed by atoms with Crippen molar-refractivity contribution in [1.29, 1.82) is 0 Å². The molecule has 1 heterocycles. The Balaban J connectivity index is 1.59. The van der Waals surface area contributed by atoms with E-state index in [1.54, 1.807) is 84.4 Å². The van der Waals surface area contributed by atoms with Crippen molar-refractivity contribution in [2.45, 2.75) is 0 Å². The number of thiazole rings is 1. The van der Waals surface area contributed by atoms with Crippen molar-refractivity contribution in [3.63, 3.8) is 0 Å².